The van der Waals surface area contributed by atoms with Crippen molar-refractivity contribution in [3.63, 3.8) is 0 Å². The highest BCUT2D eigenvalue weighted by Crippen LogP contribution is 2.42. The van der Waals surface area contributed by atoms with Gasteiger partial charge in [-0.05, 0) is 52.8 Å². The van der Waals surface area contributed by atoms with Crippen molar-refractivity contribution in [1.82, 2.24) is 0 Å². The number of benzene rings is 2. The molecule has 1 aromatic heterocycles. The van der Waals surface area contributed by atoms with Gasteiger partial charge in [-0.1, -0.05) is 42.5 Å². The quantitative estimate of drug-likeness (QED) is 0.700. The van der Waals surface area contributed by atoms with Gasteiger partial charge in [0.2, 0.25) is 0 Å². The highest BCUT2D eigenvalue weighted by atomic mass is 32.1. The number of nitrogens with two attached hydrogens (primary N) is 1. The van der Waals surface area contributed by atoms with Gasteiger partial charge >= 0.3 is 0 Å². The van der Waals surface area contributed by atoms with Gasteiger partial charge in [-0.25, -0.2) is 0 Å². The first-order chi connectivity index (χ1) is 9.79. The molecule has 2 heteroatoms. The van der Waals surface area contributed by atoms with E-state index in [0.29, 0.717) is 0 Å². The lowest BCUT2D eigenvalue weighted by Gasteiger charge is -2.36. The molecule has 0 saturated heterocycles. The van der Waals surface area contributed by atoms with Crippen LogP contribution in [0.3, 0.4) is 0 Å². The Hall–Kier alpha value is -1.64. The van der Waals surface area contributed by atoms with Crippen LogP contribution in [0, 0.1) is 0 Å². The van der Waals surface area contributed by atoms with Gasteiger partial charge in [0, 0.05) is 4.70 Å². The number of hydrogen-bond acceptors (Lipinski definition) is 2. The van der Waals surface area contributed by atoms with Gasteiger partial charge in [0.05, 0.1) is 5.54 Å². The van der Waals surface area contributed by atoms with E-state index in [2.05, 4.69) is 53.9 Å². The van der Waals surface area contributed by atoms with E-state index in [1.165, 1.54) is 26.8 Å². The SMILES string of the molecule is NC1(c2cccc3ccsc23)CCCc2ccccc21. The number of thiophene rings is 1. The minimum Gasteiger partial charge on any atom is -0.318 e. The summed E-state index contributed by atoms with van der Waals surface area (Å²) in [6.07, 6.45) is 3.34. The van der Waals surface area contributed by atoms with Crippen molar-refractivity contribution in [3.05, 3.63) is 70.6 Å². The van der Waals surface area contributed by atoms with Crippen LogP contribution in [0.2, 0.25) is 0 Å². The van der Waals surface area contributed by atoms with Crippen LogP contribution in [0.15, 0.2) is 53.9 Å². The van der Waals surface area contributed by atoms with Crippen LogP contribution in [0.4, 0.5) is 0 Å². The molecule has 0 amide bonds. The van der Waals surface area contributed by atoms with Crippen LogP contribution in [0.5, 0.6) is 0 Å². The average Bonchev–Trinajstić information content (AvgIpc) is 2.96. The summed E-state index contributed by atoms with van der Waals surface area (Å²) in [6, 6.07) is 17.4. The Kier molecular flexibility index (Phi) is 2.69. The second-order valence-electron chi connectivity index (χ2n) is 5.63. The minimum atomic E-state index is -0.334. The van der Waals surface area contributed by atoms with Gasteiger partial charge in [-0.3, -0.25) is 0 Å². The zero-order chi connectivity index (χ0) is 13.6. The van der Waals surface area contributed by atoms with Gasteiger partial charge in [-0.15, -0.1) is 11.3 Å². The van der Waals surface area contributed by atoms with Crippen molar-refractivity contribution < 1.29 is 0 Å². The Bertz CT molecular complexity index is 774. The van der Waals surface area contributed by atoms with Gasteiger partial charge in [0.15, 0.2) is 0 Å². The van der Waals surface area contributed by atoms with Crippen LogP contribution < -0.4 is 5.73 Å². The van der Waals surface area contributed by atoms with Crippen LogP contribution in [-0.4, -0.2) is 0 Å². The maximum Gasteiger partial charge on any atom is 0.0682 e. The zero-order valence-electron chi connectivity index (χ0n) is 11.3. The normalized spacial score (nSPS) is 21.9. The van der Waals surface area contributed by atoms with Gasteiger partial charge in [0.25, 0.3) is 0 Å². The molecule has 1 heterocycles. The number of aryl methyl sites for hydroxylation is 1. The number of rotatable bonds is 1. The van der Waals surface area contributed by atoms with Crippen LogP contribution in [0.1, 0.15) is 29.5 Å². The first-order valence-electron chi connectivity index (χ1n) is 7.13. The molecular weight excluding hydrogens is 262 g/mol. The summed E-state index contributed by atoms with van der Waals surface area (Å²) >= 11 is 1.80. The molecular formula is C18H17NS. The van der Waals surface area contributed by atoms with E-state index < -0.39 is 0 Å². The smallest absolute Gasteiger partial charge is 0.0682 e. The van der Waals surface area contributed by atoms with Gasteiger partial charge in [0.1, 0.15) is 0 Å². The Morgan fingerprint density at radius 3 is 2.75 bits per heavy atom. The molecule has 0 saturated carbocycles. The Balaban J connectivity index is 2.00. The van der Waals surface area contributed by atoms with Crippen molar-refractivity contribution in [2.24, 2.45) is 5.73 Å². The third-order valence-corrected chi connectivity index (χ3v) is 5.44. The Morgan fingerprint density at radius 2 is 1.80 bits per heavy atom. The van der Waals surface area contributed by atoms with Crippen molar-refractivity contribution in [2.75, 3.05) is 0 Å². The summed E-state index contributed by atoms with van der Waals surface area (Å²) in [4.78, 5) is 0. The lowest BCUT2D eigenvalue weighted by Crippen LogP contribution is -2.41. The standard InChI is InChI=1S/C18H17NS/c19-18(11-4-7-13-5-1-2-8-15(13)18)16-9-3-6-14-10-12-20-17(14)16/h1-3,5-6,8-10,12H,4,7,11,19H2. The fourth-order valence-electron chi connectivity index (χ4n) is 3.49. The van der Waals surface area contributed by atoms with E-state index in [0.717, 1.165) is 19.3 Å². The lowest BCUT2D eigenvalue weighted by atomic mass is 9.73. The summed E-state index contributed by atoms with van der Waals surface area (Å²) in [7, 11) is 0. The maximum atomic E-state index is 6.92. The molecule has 0 bridgehead atoms. The summed E-state index contributed by atoms with van der Waals surface area (Å²) < 4.78 is 1.34. The zero-order valence-corrected chi connectivity index (χ0v) is 12.1. The third-order valence-electron chi connectivity index (χ3n) is 4.47. The van der Waals surface area contributed by atoms with Crippen molar-refractivity contribution in [1.29, 1.82) is 0 Å². The van der Waals surface area contributed by atoms with Crippen LogP contribution >= 0.6 is 11.3 Å². The molecule has 1 atom stereocenters. The fourth-order valence-corrected chi connectivity index (χ4v) is 4.49. The van der Waals surface area contributed by atoms with E-state index in [-0.39, 0.29) is 5.54 Å². The topological polar surface area (TPSA) is 26.0 Å². The third kappa shape index (κ3) is 1.65. The van der Waals surface area contributed by atoms with E-state index in [9.17, 15) is 0 Å². The summed E-state index contributed by atoms with van der Waals surface area (Å²) in [6.45, 7) is 0. The molecule has 3 aromatic rings. The van der Waals surface area contributed by atoms with Crippen molar-refractivity contribution in [3.8, 4) is 0 Å². The highest BCUT2D eigenvalue weighted by molar-refractivity contribution is 7.17. The summed E-state index contributed by atoms with van der Waals surface area (Å²) in [5.41, 5.74) is 10.6. The van der Waals surface area contributed by atoms with E-state index >= 15 is 0 Å². The molecule has 1 nitrogen and oxygen atoms in total. The van der Waals surface area contributed by atoms with E-state index in [4.69, 9.17) is 5.73 Å². The summed E-state index contributed by atoms with van der Waals surface area (Å²) in [5.74, 6) is 0. The second-order valence-corrected chi connectivity index (χ2v) is 6.54. The van der Waals surface area contributed by atoms with E-state index in [1.54, 1.807) is 11.3 Å². The van der Waals surface area contributed by atoms with E-state index in [1.807, 2.05) is 0 Å². The lowest BCUT2D eigenvalue weighted by molar-refractivity contribution is 0.446. The summed E-state index contributed by atoms with van der Waals surface area (Å²) in [5, 5.41) is 3.46. The largest absolute Gasteiger partial charge is 0.318 e. The molecule has 1 aliphatic rings. The molecule has 100 valence electrons. The maximum absolute atomic E-state index is 6.92. The highest BCUT2D eigenvalue weighted by Gasteiger charge is 2.35. The van der Waals surface area contributed by atoms with Gasteiger partial charge < -0.3 is 5.73 Å². The number of fused-ring (bicyclic) bond motifs is 2. The first kappa shape index (κ1) is 12.1. The minimum absolute atomic E-state index is 0.334. The Morgan fingerprint density at radius 1 is 0.950 bits per heavy atom. The van der Waals surface area contributed by atoms with Crippen LogP contribution in [0.25, 0.3) is 10.1 Å². The monoisotopic (exact) mass is 279 g/mol. The molecule has 1 unspecified atom stereocenters. The molecule has 2 aromatic carbocycles. The molecule has 0 aliphatic heterocycles. The Labute approximate surface area is 123 Å². The first-order valence-corrected chi connectivity index (χ1v) is 8.01. The van der Waals surface area contributed by atoms with Crippen molar-refractivity contribution in [2.45, 2.75) is 24.8 Å². The molecule has 0 fully saturated rings. The molecule has 4 rings (SSSR count). The predicted octanol–water partition coefficient (Wildman–Crippen LogP) is 4.44. The molecule has 0 spiro atoms. The molecule has 1 aliphatic carbocycles. The molecule has 0 radical (unpaired) electrons. The van der Waals surface area contributed by atoms with Crippen molar-refractivity contribution >= 4 is 21.4 Å². The predicted molar refractivity (Wildman–Crippen MR) is 86.2 cm³/mol. The van der Waals surface area contributed by atoms with Crippen LogP contribution in [-0.2, 0) is 12.0 Å². The molecule has 2 N–H and O–H groups in total. The fraction of sp³-hybridized carbons (Fsp3) is 0.222. The van der Waals surface area contributed by atoms with Gasteiger partial charge in [-0.2, -0.15) is 0 Å². The number of hydrogen-bond donors (Lipinski definition) is 1. The second kappa shape index (κ2) is 4.44. The average molecular weight is 279 g/mol. The molecule has 20 heavy (non-hydrogen) atoms.